The van der Waals surface area contributed by atoms with Gasteiger partial charge in [-0.2, -0.15) is 0 Å². The molecule has 0 heterocycles. The van der Waals surface area contributed by atoms with Crippen molar-refractivity contribution in [2.24, 2.45) is 0 Å². The summed E-state index contributed by atoms with van der Waals surface area (Å²) in [5, 5.41) is 0. The fourth-order valence-corrected chi connectivity index (χ4v) is 3.43. The van der Waals surface area contributed by atoms with E-state index in [1.54, 1.807) is 6.07 Å². The lowest BCUT2D eigenvalue weighted by Crippen LogP contribution is -2.10. The quantitative estimate of drug-likeness (QED) is 0.211. The van der Waals surface area contributed by atoms with E-state index in [1.165, 1.54) is 44.9 Å². The average Bonchev–Trinajstić information content (AvgIpc) is 2.79. The van der Waals surface area contributed by atoms with Crippen LogP contribution in [0.15, 0.2) is 48.5 Å². The third-order valence-electron chi connectivity index (χ3n) is 5.24. The molecule has 4 nitrogen and oxygen atoms in total. The molecule has 4 heteroatoms. The van der Waals surface area contributed by atoms with Crippen LogP contribution in [0.4, 0.5) is 0 Å². The SMILES string of the molecule is CCCCCCCCCCCOC(=O)c1ccc(OCCOc2ccccc2)c(C)c1. The lowest BCUT2D eigenvalue weighted by Gasteiger charge is -2.11. The molecule has 31 heavy (non-hydrogen) atoms. The minimum Gasteiger partial charge on any atom is -0.490 e. The Balaban J connectivity index is 1.59. The fourth-order valence-electron chi connectivity index (χ4n) is 3.43. The van der Waals surface area contributed by atoms with Gasteiger partial charge >= 0.3 is 5.97 Å². The van der Waals surface area contributed by atoms with E-state index in [0.717, 1.165) is 29.9 Å². The van der Waals surface area contributed by atoms with Gasteiger partial charge in [-0.25, -0.2) is 4.79 Å². The highest BCUT2D eigenvalue weighted by atomic mass is 16.5. The molecule has 0 amide bonds. The molecule has 2 rings (SSSR count). The molecule has 0 aliphatic carbocycles. The molecule has 2 aromatic carbocycles. The maximum atomic E-state index is 12.3. The van der Waals surface area contributed by atoms with Crippen molar-refractivity contribution < 1.29 is 19.0 Å². The molecule has 2 aromatic rings. The van der Waals surface area contributed by atoms with E-state index in [4.69, 9.17) is 14.2 Å². The number of esters is 1. The van der Waals surface area contributed by atoms with Gasteiger partial charge in [0.1, 0.15) is 24.7 Å². The van der Waals surface area contributed by atoms with E-state index in [0.29, 0.717) is 25.4 Å². The van der Waals surface area contributed by atoms with Crippen molar-refractivity contribution in [3.8, 4) is 11.5 Å². The molecule has 0 spiro atoms. The van der Waals surface area contributed by atoms with E-state index in [-0.39, 0.29) is 5.97 Å². The van der Waals surface area contributed by atoms with Gasteiger partial charge in [0, 0.05) is 0 Å². The molecule has 170 valence electrons. The molecule has 0 unspecified atom stereocenters. The molecule has 0 aromatic heterocycles. The predicted molar refractivity (Wildman–Crippen MR) is 126 cm³/mol. The molecular formula is C27H38O4. The van der Waals surface area contributed by atoms with Gasteiger partial charge in [-0.1, -0.05) is 76.5 Å². The summed E-state index contributed by atoms with van der Waals surface area (Å²) in [6, 6.07) is 15.1. The van der Waals surface area contributed by atoms with Crippen LogP contribution in [-0.4, -0.2) is 25.8 Å². The molecule has 0 aliphatic heterocycles. The standard InChI is InChI=1S/C27H38O4/c1-3-4-5-6-7-8-9-10-14-19-31-27(28)24-17-18-26(23(2)22-24)30-21-20-29-25-15-12-11-13-16-25/h11-13,15-18,22H,3-10,14,19-21H2,1-2H3. The molecule has 0 saturated carbocycles. The highest BCUT2D eigenvalue weighted by Gasteiger charge is 2.10. The van der Waals surface area contributed by atoms with Crippen LogP contribution in [0.5, 0.6) is 11.5 Å². The monoisotopic (exact) mass is 426 g/mol. The van der Waals surface area contributed by atoms with Crippen LogP contribution in [0, 0.1) is 6.92 Å². The van der Waals surface area contributed by atoms with Crippen LogP contribution in [0.1, 0.15) is 80.6 Å². The number of para-hydroxylation sites is 1. The second-order valence-electron chi connectivity index (χ2n) is 7.95. The summed E-state index contributed by atoms with van der Waals surface area (Å²) >= 11 is 0. The van der Waals surface area contributed by atoms with Crippen molar-refractivity contribution >= 4 is 5.97 Å². The number of carbonyl (C=O) groups is 1. The van der Waals surface area contributed by atoms with Gasteiger partial charge in [-0.05, 0) is 49.2 Å². The predicted octanol–water partition coefficient (Wildman–Crippen LogP) is 7.14. The van der Waals surface area contributed by atoms with Crippen LogP contribution in [0.3, 0.4) is 0 Å². The van der Waals surface area contributed by atoms with Crippen LogP contribution in [0.2, 0.25) is 0 Å². The molecule has 0 N–H and O–H groups in total. The molecule has 0 saturated heterocycles. The number of ether oxygens (including phenoxy) is 3. The third kappa shape index (κ3) is 10.4. The van der Waals surface area contributed by atoms with Crippen molar-refractivity contribution in [3.63, 3.8) is 0 Å². The zero-order chi connectivity index (χ0) is 22.2. The average molecular weight is 427 g/mol. The van der Waals surface area contributed by atoms with Crippen molar-refractivity contribution in [2.75, 3.05) is 19.8 Å². The zero-order valence-electron chi connectivity index (χ0n) is 19.2. The van der Waals surface area contributed by atoms with Crippen LogP contribution >= 0.6 is 0 Å². The smallest absolute Gasteiger partial charge is 0.338 e. The lowest BCUT2D eigenvalue weighted by molar-refractivity contribution is 0.0497. The number of unbranched alkanes of at least 4 members (excludes halogenated alkanes) is 8. The summed E-state index contributed by atoms with van der Waals surface area (Å²) in [6.45, 7) is 5.58. The maximum Gasteiger partial charge on any atom is 0.338 e. The topological polar surface area (TPSA) is 44.8 Å². The zero-order valence-corrected chi connectivity index (χ0v) is 19.2. The number of hydrogen-bond acceptors (Lipinski definition) is 4. The number of hydrogen-bond donors (Lipinski definition) is 0. The van der Waals surface area contributed by atoms with E-state index in [1.807, 2.05) is 49.4 Å². The Morgan fingerprint density at radius 2 is 1.39 bits per heavy atom. The Morgan fingerprint density at radius 3 is 2.06 bits per heavy atom. The van der Waals surface area contributed by atoms with E-state index < -0.39 is 0 Å². The Bertz CT molecular complexity index is 742. The summed E-state index contributed by atoms with van der Waals surface area (Å²) in [5.41, 5.74) is 1.48. The largest absolute Gasteiger partial charge is 0.490 e. The Labute approximate surface area is 187 Å². The number of benzene rings is 2. The second kappa shape index (κ2) is 15.3. The number of aryl methyl sites for hydroxylation is 1. The number of rotatable bonds is 16. The Morgan fingerprint density at radius 1 is 0.742 bits per heavy atom. The summed E-state index contributed by atoms with van der Waals surface area (Å²) in [6.07, 6.45) is 11.2. The third-order valence-corrected chi connectivity index (χ3v) is 5.24. The Hall–Kier alpha value is -2.49. The number of carbonyl (C=O) groups excluding carboxylic acids is 1. The molecule has 0 radical (unpaired) electrons. The van der Waals surface area contributed by atoms with Crippen molar-refractivity contribution in [3.05, 3.63) is 59.7 Å². The van der Waals surface area contributed by atoms with Gasteiger partial charge in [0.15, 0.2) is 0 Å². The first-order valence-electron chi connectivity index (χ1n) is 11.8. The second-order valence-corrected chi connectivity index (χ2v) is 7.95. The molecule has 0 fully saturated rings. The minimum atomic E-state index is -0.262. The summed E-state index contributed by atoms with van der Waals surface area (Å²) in [4.78, 5) is 12.3. The molecule has 0 bridgehead atoms. The highest BCUT2D eigenvalue weighted by Crippen LogP contribution is 2.20. The maximum absolute atomic E-state index is 12.3. The first-order valence-corrected chi connectivity index (χ1v) is 11.8. The Kier molecular flexibility index (Phi) is 12.3. The van der Waals surface area contributed by atoms with Crippen molar-refractivity contribution in [2.45, 2.75) is 71.6 Å². The summed E-state index contributed by atoms with van der Waals surface area (Å²) in [7, 11) is 0. The highest BCUT2D eigenvalue weighted by molar-refractivity contribution is 5.89. The molecular weight excluding hydrogens is 388 g/mol. The van der Waals surface area contributed by atoms with Crippen molar-refractivity contribution in [1.29, 1.82) is 0 Å². The van der Waals surface area contributed by atoms with E-state index >= 15 is 0 Å². The van der Waals surface area contributed by atoms with Gasteiger partial charge in [0.05, 0.1) is 12.2 Å². The van der Waals surface area contributed by atoms with Gasteiger partial charge in [-0.15, -0.1) is 0 Å². The molecule has 0 atom stereocenters. The first kappa shape index (κ1) is 24.8. The normalized spacial score (nSPS) is 10.6. The van der Waals surface area contributed by atoms with Crippen LogP contribution in [-0.2, 0) is 4.74 Å². The summed E-state index contributed by atoms with van der Waals surface area (Å²) < 4.78 is 16.8. The van der Waals surface area contributed by atoms with Gasteiger partial charge < -0.3 is 14.2 Å². The van der Waals surface area contributed by atoms with Crippen molar-refractivity contribution in [1.82, 2.24) is 0 Å². The van der Waals surface area contributed by atoms with Gasteiger partial charge in [-0.3, -0.25) is 0 Å². The minimum absolute atomic E-state index is 0.262. The van der Waals surface area contributed by atoms with Crippen LogP contribution < -0.4 is 9.47 Å². The summed E-state index contributed by atoms with van der Waals surface area (Å²) in [5.74, 6) is 1.32. The lowest BCUT2D eigenvalue weighted by atomic mass is 10.1. The van der Waals surface area contributed by atoms with E-state index in [2.05, 4.69) is 6.92 Å². The van der Waals surface area contributed by atoms with Gasteiger partial charge in [0.2, 0.25) is 0 Å². The first-order chi connectivity index (χ1) is 15.2. The van der Waals surface area contributed by atoms with Gasteiger partial charge in [0.25, 0.3) is 0 Å². The fraction of sp³-hybridized carbons (Fsp3) is 0.519. The molecule has 0 aliphatic rings. The van der Waals surface area contributed by atoms with E-state index in [9.17, 15) is 4.79 Å². The van der Waals surface area contributed by atoms with Crippen LogP contribution in [0.25, 0.3) is 0 Å².